The van der Waals surface area contributed by atoms with Gasteiger partial charge in [0, 0.05) is 19.5 Å². The number of hydrogen-bond donors (Lipinski definition) is 1. The van der Waals surface area contributed by atoms with Crippen LogP contribution in [0.3, 0.4) is 0 Å². The fourth-order valence-electron chi connectivity index (χ4n) is 3.54. The van der Waals surface area contributed by atoms with Crippen molar-refractivity contribution in [1.29, 1.82) is 5.26 Å². The molecule has 3 rings (SSSR count). The highest BCUT2D eigenvalue weighted by atomic mass is 16.3. The summed E-state index contributed by atoms with van der Waals surface area (Å²) in [5.41, 5.74) is 2.67. The van der Waals surface area contributed by atoms with Gasteiger partial charge in [-0.3, -0.25) is 4.79 Å². The maximum absolute atomic E-state index is 12.5. The smallest absolute Gasteiger partial charge is 0.222 e. The number of aliphatic hydroxyl groups is 1. The highest BCUT2D eigenvalue weighted by molar-refractivity contribution is 5.76. The predicted octanol–water partition coefficient (Wildman–Crippen LogP) is 3.46. The number of aryl methyl sites for hydroxylation is 1. The molecule has 134 valence electrons. The zero-order chi connectivity index (χ0) is 18.4. The van der Waals surface area contributed by atoms with Crippen molar-refractivity contribution in [3.63, 3.8) is 0 Å². The largest absolute Gasteiger partial charge is 0.388 e. The average molecular weight is 348 g/mol. The van der Waals surface area contributed by atoms with Gasteiger partial charge in [-0.25, -0.2) is 0 Å². The molecule has 1 fully saturated rings. The Morgan fingerprint density at radius 1 is 1.12 bits per heavy atom. The van der Waals surface area contributed by atoms with E-state index in [1.165, 1.54) is 0 Å². The van der Waals surface area contributed by atoms with E-state index < -0.39 is 6.10 Å². The van der Waals surface area contributed by atoms with Gasteiger partial charge < -0.3 is 10.0 Å². The lowest BCUT2D eigenvalue weighted by Gasteiger charge is -2.34. The van der Waals surface area contributed by atoms with E-state index in [-0.39, 0.29) is 11.8 Å². The van der Waals surface area contributed by atoms with Crippen LogP contribution in [0.25, 0.3) is 0 Å². The number of amides is 1. The van der Waals surface area contributed by atoms with E-state index in [0.717, 1.165) is 24.0 Å². The van der Waals surface area contributed by atoms with Crippen molar-refractivity contribution in [3.05, 3.63) is 71.3 Å². The molecule has 1 aliphatic rings. The van der Waals surface area contributed by atoms with Crippen molar-refractivity contribution in [2.24, 2.45) is 5.92 Å². The van der Waals surface area contributed by atoms with Crippen LogP contribution in [0, 0.1) is 17.2 Å². The Labute approximate surface area is 154 Å². The van der Waals surface area contributed by atoms with Crippen molar-refractivity contribution >= 4 is 5.91 Å². The number of carbonyl (C=O) groups is 1. The van der Waals surface area contributed by atoms with Gasteiger partial charge in [-0.05, 0) is 48.4 Å². The molecule has 0 unspecified atom stereocenters. The van der Waals surface area contributed by atoms with Crippen molar-refractivity contribution < 1.29 is 9.90 Å². The Bertz CT molecular complexity index is 757. The molecule has 1 aliphatic heterocycles. The summed E-state index contributed by atoms with van der Waals surface area (Å²) in [6.45, 7) is 1.42. The predicted molar refractivity (Wildman–Crippen MR) is 100 cm³/mol. The van der Waals surface area contributed by atoms with Gasteiger partial charge in [-0.2, -0.15) is 5.26 Å². The van der Waals surface area contributed by atoms with Crippen molar-refractivity contribution in [1.82, 2.24) is 4.90 Å². The van der Waals surface area contributed by atoms with Crippen LogP contribution in [0.1, 0.15) is 42.1 Å². The van der Waals surface area contributed by atoms with Crippen molar-refractivity contribution in [2.75, 3.05) is 13.1 Å². The lowest BCUT2D eigenvalue weighted by molar-refractivity contribution is -0.133. The lowest BCUT2D eigenvalue weighted by atomic mass is 9.87. The Kier molecular flexibility index (Phi) is 6.04. The number of aliphatic hydroxyl groups excluding tert-OH is 1. The second kappa shape index (κ2) is 8.64. The fraction of sp³-hybridized carbons (Fsp3) is 0.364. The monoisotopic (exact) mass is 348 g/mol. The maximum atomic E-state index is 12.5. The molecule has 1 amide bonds. The molecular formula is C22H24N2O2. The van der Waals surface area contributed by atoms with Gasteiger partial charge in [-0.15, -0.1) is 0 Å². The molecule has 0 aliphatic carbocycles. The summed E-state index contributed by atoms with van der Waals surface area (Å²) in [5, 5.41) is 19.4. The number of rotatable bonds is 5. The Hall–Kier alpha value is -2.64. The molecule has 4 nitrogen and oxygen atoms in total. The summed E-state index contributed by atoms with van der Waals surface area (Å²) in [6.07, 6.45) is 2.39. The number of nitrogens with zero attached hydrogens (tertiary/aromatic N) is 2. The molecule has 26 heavy (non-hydrogen) atoms. The van der Waals surface area contributed by atoms with E-state index in [4.69, 9.17) is 5.26 Å². The summed E-state index contributed by atoms with van der Waals surface area (Å²) in [6, 6.07) is 19.3. The van der Waals surface area contributed by atoms with Crippen LogP contribution < -0.4 is 0 Å². The van der Waals surface area contributed by atoms with E-state index >= 15 is 0 Å². The van der Waals surface area contributed by atoms with Gasteiger partial charge in [0.15, 0.2) is 0 Å². The number of benzene rings is 2. The highest BCUT2D eigenvalue weighted by Gasteiger charge is 2.27. The van der Waals surface area contributed by atoms with E-state index in [1.807, 2.05) is 47.4 Å². The SMILES string of the molecule is N#Cc1ccc(CCC(=O)N2CCC([C@H](O)c3ccccc3)CC2)cc1. The first-order chi connectivity index (χ1) is 12.7. The van der Waals surface area contributed by atoms with Crippen molar-refractivity contribution in [2.45, 2.75) is 31.8 Å². The molecule has 2 aromatic carbocycles. The van der Waals surface area contributed by atoms with Gasteiger partial charge in [-0.1, -0.05) is 42.5 Å². The molecule has 0 bridgehead atoms. The standard InChI is InChI=1S/C22H24N2O2/c23-16-18-8-6-17(7-9-18)10-11-21(25)24-14-12-20(13-15-24)22(26)19-4-2-1-3-5-19/h1-9,20,22,26H,10-15H2/t22-/m1/s1. The lowest BCUT2D eigenvalue weighted by Crippen LogP contribution is -2.39. The summed E-state index contributed by atoms with van der Waals surface area (Å²) in [4.78, 5) is 14.4. The third kappa shape index (κ3) is 4.50. The van der Waals surface area contributed by atoms with E-state index in [2.05, 4.69) is 6.07 Å². The van der Waals surface area contributed by atoms with Crippen LogP contribution >= 0.6 is 0 Å². The summed E-state index contributed by atoms with van der Waals surface area (Å²) >= 11 is 0. The molecule has 2 aromatic rings. The summed E-state index contributed by atoms with van der Waals surface area (Å²) < 4.78 is 0. The Morgan fingerprint density at radius 2 is 1.77 bits per heavy atom. The van der Waals surface area contributed by atoms with E-state index in [1.54, 1.807) is 12.1 Å². The summed E-state index contributed by atoms with van der Waals surface area (Å²) in [7, 11) is 0. The van der Waals surface area contributed by atoms with E-state index in [0.29, 0.717) is 31.5 Å². The first-order valence-corrected chi connectivity index (χ1v) is 9.17. The van der Waals surface area contributed by atoms with Crippen LogP contribution in [-0.4, -0.2) is 29.0 Å². The number of nitriles is 1. The number of carbonyl (C=O) groups excluding carboxylic acids is 1. The van der Waals surface area contributed by atoms with Crippen LogP contribution in [0.5, 0.6) is 0 Å². The fourth-order valence-corrected chi connectivity index (χ4v) is 3.54. The van der Waals surface area contributed by atoms with Gasteiger partial charge in [0.25, 0.3) is 0 Å². The number of hydrogen-bond acceptors (Lipinski definition) is 3. The second-order valence-electron chi connectivity index (χ2n) is 6.88. The minimum Gasteiger partial charge on any atom is -0.388 e. The molecule has 0 saturated carbocycles. The quantitative estimate of drug-likeness (QED) is 0.900. The second-order valence-corrected chi connectivity index (χ2v) is 6.88. The van der Waals surface area contributed by atoms with Crippen LogP contribution in [-0.2, 0) is 11.2 Å². The molecule has 1 atom stereocenters. The number of likely N-dealkylation sites (tertiary alicyclic amines) is 1. The minimum absolute atomic E-state index is 0.169. The maximum Gasteiger partial charge on any atom is 0.222 e. The molecule has 0 aromatic heterocycles. The zero-order valence-corrected chi connectivity index (χ0v) is 14.8. The van der Waals surface area contributed by atoms with Gasteiger partial charge in [0.05, 0.1) is 17.7 Å². The number of piperidine rings is 1. The van der Waals surface area contributed by atoms with Crippen molar-refractivity contribution in [3.8, 4) is 6.07 Å². The van der Waals surface area contributed by atoms with E-state index in [9.17, 15) is 9.90 Å². The molecule has 0 spiro atoms. The van der Waals surface area contributed by atoms with Gasteiger partial charge in [0.1, 0.15) is 0 Å². The average Bonchev–Trinajstić information content (AvgIpc) is 2.72. The Morgan fingerprint density at radius 3 is 2.38 bits per heavy atom. The normalized spacial score (nSPS) is 16.1. The first kappa shape index (κ1) is 18.2. The van der Waals surface area contributed by atoms with Gasteiger partial charge in [0.2, 0.25) is 5.91 Å². The molecule has 4 heteroatoms. The van der Waals surface area contributed by atoms with Crippen LogP contribution in [0.2, 0.25) is 0 Å². The molecular weight excluding hydrogens is 324 g/mol. The Balaban J connectivity index is 1.46. The summed E-state index contributed by atoms with van der Waals surface area (Å²) in [5.74, 6) is 0.377. The zero-order valence-electron chi connectivity index (χ0n) is 14.8. The minimum atomic E-state index is -0.452. The molecule has 1 N–H and O–H groups in total. The molecule has 1 saturated heterocycles. The van der Waals surface area contributed by atoms with Crippen LogP contribution in [0.4, 0.5) is 0 Å². The topological polar surface area (TPSA) is 64.3 Å². The first-order valence-electron chi connectivity index (χ1n) is 9.17. The highest BCUT2D eigenvalue weighted by Crippen LogP contribution is 2.30. The van der Waals surface area contributed by atoms with Crippen LogP contribution in [0.15, 0.2) is 54.6 Å². The third-order valence-corrected chi connectivity index (χ3v) is 5.19. The molecule has 0 radical (unpaired) electrons. The van der Waals surface area contributed by atoms with Gasteiger partial charge >= 0.3 is 0 Å². The third-order valence-electron chi connectivity index (χ3n) is 5.19. The molecule has 1 heterocycles.